The summed E-state index contributed by atoms with van der Waals surface area (Å²) in [6.07, 6.45) is 7.67. The highest BCUT2D eigenvalue weighted by molar-refractivity contribution is 5.86. The largest absolute Gasteiger partial charge is 0.449 e. The van der Waals surface area contributed by atoms with Crippen molar-refractivity contribution in [2.45, 2.75) is 30.7 Å². The fourth-order valence-electron chi connectivity index (χ4n) is 4.83. The van der Waals surface area contributed by atoms with Gasteiger partial charge in [0, 0.05) is 31.3 Å². The number of carbonyl (C=O) groups excluding carboxylic acids is 3. The lowest BCUT2D eigenvalue weighted by Crippen LogP contribution is -2.48. The maximum Gasteiger partial charge on any atom is 0.407 e. The molecule has 0 aromatic heterocycles. The summed E-state index contributed by atoms with van der Waals surface area (Å²) in [5, 5.41) is 25.5. The number of nitrogens with one attached hydrogen (secondary N) is 3. The third kappa shape index (κ3) is 9.47. The minimum Gasteiger partial charge on any atom is -0.449 e. The summed E-state index contributed by atoms with van der Waals surface area (Å²) in [5.74, 6) is -0.351. The van der Waals surface area contributed by atoms with E-state index < -0.39 is 18.0 Å². The number of aliphatic hydroxyl groups excluding tert-OH is 2. The molecule has 4 unspecified atom stereocenters. The molecule has 0 heterocycles. The second kappa shape index (κ2) is 16.7. The molecular weight excluding hydrogens is 506 g/mol. The van der Waals surface area contributed by atoms with Crippen LogP contribution in [-0.4, -0.2) is 93.5 Å². The Hall–Kier alpha value is -3.25. The van der Waals surface area contributed by atoms with Crippen molar-refractivity contribution in [3.05, 3.63) is 59.7 Å². The number of fused-ring (bicyclic) bond motifs is 3. The van der Waals surface area contributed by atoms with Gasteiger partial charge in [-0.1, -0.05) is 48.6 Å². The number of hydrogen-bond acceptors (Lipinski definition) is 8. The van der Waals surface area contributed by atoms with Crippen LogP contribution >= 0.6 is 0 Å². The van der Waals surface area contributed by atoms with E-state index in [2.05, 4.69) is 40.2 Å². The van der Waals surface area contributed by atoms with Gasteiger partial charge in [-0.2, -0.15) is 0 Å². The Balaban J connectivity index is 1.53. The van der Waals surface area contributed by atoms with Crippen LogP contribution in [0.4, 0.5) is 4.79 Å². The van der Waals surface area contributed by atoms with Crippen molar-refractivity contribution in [1.82, 2.24) is 16.0 Å². The quantitative estimate of drug-likeness (QED) is 0.180. The van der Waals surface area contributed by atoms with Crippen molar-refractivity contribution in [2.75, 3.05) is 59.3 Å². The lowest BCUT2D eigenvalue weighted by molar-refractivity contribution is -0.124. The zero-order chi connectivity index (χ0) is 27.9. The van der Waals surface area contributed by atoms with Gasteiger partial charge >= 0.3 is 6.09 Å². The van der Waals surface area contributed by atoms with Gasteiger partial charge in [0.25, 0.3) is 0 Å². The van der Waals surface area contributed by atoms with Crippen molar-refractivity contribution < 1.29 is 38.8 Å². The van der Waals surface area contributed by atoms with Gasteiger partial charge in [0.05, 0.1) is 39.6 Å². The number of ether oxygens (including phenoxy) is 3. The summed E-state index contributed by atoms with van der Waals surface area (Å²) in [6.45, 7) is 1.18. The van der Waals surface area contributed by atoms with Crippen LogP contribution in [0.3, 0.4) is 0 Å². The van der Waals surface area contributed by atoms with Gasteiger partial charge in [-0.3, -0.25) is 9.59 Å². The van der Waals surface area contributed by atoms with Crippen LogP contribution in [0.25, 0.3) is 0 Å². The smallest absolute Gasteiger partial charge is 0.407 e. The lowest BCUT2D eigenvalue weighted by atomic mass is 9.84. The average molecular weight is 546 g/mol. The number of hydrogen-bond donors (Lipinski definition) is 5. The summed E-state index contributed by atoms with van der Waals surface area (Å²) in [5.41, 5.74) is 2.37. The third-order valence-electron chi connectivity index (χ3n) is 6.64. The molecule has 0 radical (unpaired) electrons. The van der Waals surface area contributed by atoms with E-state index in [9.17, 15) is 14.4 Å². The van der Waals surface area contributed by atoms with Crippen molar-refractivity contribution in [3.8, 4) is 0 Å². The summed E-state index contributed by atoms with van der Waals surface area (Å²) in [4.78, 5) is 37.8. The molecule has 0 saturated carbocycles. The zero-order valence-corrected chi connectivity index (χ0v) is 22.1. The van der Waals surface area contributed by atoms with E-state index >= 15 is 0 Å². The van der Waals surface area contributed by atoms with E-state index in [1.54, 1.807) is 0 Å². The van der Waals surface area contributed by atoms with Gasteiger partial charge in [-0.05, 0) is 23.5 Å². The van der Waals surface area contributed by atoms with E-state index in [-0.39, 0.29) is 95.8 Å². The van der Waals surface area contributed by atoms with E-state index in [0.29, 0.717) is 0 Å². The fourth-order valence-corrected chi connectivity index (χ4v) is 4.83. The van der Waals surface area contributed by atoms with Gasteiger partial charge in [-0.25, -0.2) is 4.79 Å². The molecule has 2 aliphatic rings. The van der Waals surface area contributed by atoms with E-state index in [1.165, 1.54) is 5.56 Å². The Morgan fingerprint density at radius 2 is 1.54 bits per heavy atom. The van der Waals surface area contributed by atoms with Crippen LogP contribution in [-0.2, 0) is 23.8 Å². The first kappa shape index (κ1) is 30.3. The van der Waals surface area contributed by atoms with Crippen LogP contribution in [0.2, 0.25) is 0 Å². The molecule has 11 heteroatoms. The molecule has 11 nitrogen and oxygen atoms in total. The van der Waals surface area contributed by atoms with E-state index in [1.807, 2.05) is 24.3 Å². The highest BCUT2D eigenvalue weighted by Crippen LogP contribution is 2.49. The topological polar surface area (TPSA) is 155 Å². The first-order valence-electron chi connectivity index (χ1n) is 13.3. The number of allylic oxidation sites excluding steroid dienone is 4. The van der Waals surface area contributed by atoms with Crippen LogP contribution in [0.1, 0.15) is 35.8 Å². The van der Waals surface area contributed by atoms with E-state index in [4.69, 9.17) is 24.4 Å². The van der Waals surface area contributed by atoms with Gasteiger partial charge in [0.2, 0.25) is 11.8 Å². The maximum atomic E-state index is 12.8. The molecule has 214 valence electrons. The van der Waals surface area contributed by atoms with E-state index in [0.717, 1.165) is 5.56 Å². The van der Waals surface area contributed by atoms with Gasteiger partial charge in [0.15, 0.2) is 0 Å². The SMILES string of the molecule is O=C(CCC(NC(=O)OCC1c2ccccc2C2C=CC=CC21)C(=O)NCCOCCO)NCCOCCO. The predicted molar refractivity (Wildman–Crippen MR) is 143 cm³/mol. The molecule has 0 aliphatic heterocycles. The first-order chi connectivity index (χ1) is 19.0. The number of carbonyl (C=O) groups is 3. The molecule has 5 N–H and O–H groups in total. The number of alkyl carbamates (subject to hydrolysis) is 1. The number of rotatable bonds is 17. The van der Waals surface area contributed by atoms with Gasteiger partial charge in [0.1, 0.15) is 12.6 Å². The molecule has 0 bridgehead atoms. The standard InChI is InChI=1S/C28H39N3O8/c32-13-17-37-15-11-29-26(34)10-9-25(27(35)30-12-16-38-18-14-33)31-28(36)39-19-24-22-7-3-1-5-20(22)21-6-2-4-8-23(21)24/h1-8,20,22,24-25,32-33H,9-19H2,(H,29,34)(H,30,35)(H,31,36). The zero-order valence-electron chi connectivity index (χ0n) is 22.1. The minimum absolute atomic E-state index is 0.00371. The van der Waals surface area contributed by atoms with Crippen molar-refractivity contribution >= 4 is 17.9 Å². The summed E-state index contributed by atoms with van der Waals surface area (Å²) < 4.78 is 15.9. The molecule has 2 aliphatic carbocycles. The summed E-state index contributed by atoms with van der Waals surface area (Å²) >= 11 is 0. The fraction of sp³-hybridized carbons (Fsp3) is 0.536. The number of amides is 3. The Kier molecular flexibility index (Phi) is 12.9. The third-order valence-corrected chi connectivity index (χ3v) is 6.64. The van der Waals surface area contributed by atoms with Crippen molar-refractivity contribution in [3.63, 3.8) is 0 Å². The van der Waals surface area contributed by atoms with Crippen LogP contribution in [0, 0.1) is 5.92 Å². The van der Waals surface area contributed by atoms with Crippen molar-refractivity contribution in [1.29, 1.82) is 0 Å². The molecule has 0 saturated heterocycles. The molecule has 39 heavy (non-hydrogen) atoms. The molecule has 3 rings (SSSR count). The second-order valence-electron chi connectivity index (χ2n) is 9.26. The average Bonchev–Trinajstić information content (AvgIpc) is 3.27. The number of aliphatic hydroxyl groups is 2. The molecule has 4 atom stereocenters. The Labute approximate surface area is 228 Å². The molecule has 1 aromatic rings. The Morgan fingerprint density at radius 3 is 2.26 bits per heavy atom. The molecular formula is C28H39N3O8. The van der Waals surface area contributed by atoms with Crippen LogP contribution in [0.5, 0.6) is 0 Å². The van der Waals surface area contributed by atoms with Crippen molar-refractivity contribution in [2.24, 2.45) is 5.92 Å². The second-order valence-corrected chi connectivity index (χ2v) is 9.26. The van der Waals surface area contributed by atoms with Crippen LogP contribution in [0.15, 0.2) is 48.6 Å². The highest BCUT2D eigenvalue weighted by atomic mass is 16.5. The molecule has 1 aromatic carbocycles. The molecule has 3 amide bonds. The summed E-state index contributed by atoms with van der Waals surface area (Å²) in [7, 11) is 0. The predicted octanol–water partition coefficient (Wildman–Crippen LogP) is 0.735. The highest BCUT2D eigenvalue weighted by Gasteiger charge is 2.39. The van der Waals surface area contributed by atoms with Crippen LogP contribution < -0.4 is 16.0 Å². The normalized spacial score (nSPS) is 19.6. The molecule has 0 spiro atoms. The minimum atomic E-state index is -0.993. The first-order valence-corrected chi connectivity index (χ1v) is 13.3. The lowest BCUT2D eigenvalue weighted by Gasteiger charge is -2.23. The van der Waals surface area contributed by atoms with Gasteiger partial charge in [-0.15, -0.1) is 0 Å². The Bertz CT molecular complexity index is 999. The van der Waals surface area contributed by atoms with Gasteiger partial charge < -0.3 is 40.4 Å². The number of benzene rings is 1. The monoisotopic (exact) mass is 545 g/mol. The summed E-state index contributed by atoms with van der Waals surface area (Å²) in [6, 6.07) is 7.15. The molecule has 0 fully saturated rings. The maximum absolute atomic E-state index is 12.8. The Morgan fingerprint density at radius 1 is 0.872 bits per heavy atom.